The van der Waals surface area contributed by atoms with E-state index in [0.717, 1.165) is 0 Å². The first kappa shape index (κ1) is 13.6. The summed E-state index contributed by atoms with van der Waals surface area (Å²) in [5.74, 6) is -0.568. The van der Waals surface area contributed by atoms with E-state index < -0.39 is 12.0 Å². The van der Waals surface area contributed by atoms with Crippen molar-refractivity contribution < 1.29 is 19.1 Å². The van der Waals surface area contributed by atoms with Gasteiger partial charge in [0, 0.05) is 13.2 Å². The molecule has 0 radical (unpaired) electrons. The lowest BCUT2D eigenvalue weighted by atomic mass is 10.3. The van der Waals surface area contributed by atoms with E-state index in [1.54, 1.807) is 25.2 Å². The highest BCUT2D eigenvalue weighted by atomic mass is 16.4. The van der Waals surface area contributed by atoms with Gasteiger partial charge in [0.05, 0.1) is 18.5 Å². The highest BCUT2D eigenvalue weighted by molar-refractivity contribution is 5.98. The van der Waals surface area contributed by atoms with Crippen molar-refractivity contribution in [1.29, 1.82) is 0 Å². The van der Waals surface area contributed by atoms with Gasteiger partial charge in [-0.25, -0.2) is 14.6 Å². The Kier molecular flexibility index (Phi) is 3.99. The van der Waals surface area contributed by atoms with E-state index in [1.165, 1.54) is 23.4 Å². The molecule has 0 unspecified atom stereocenters. The van der Waals surface area contributed by atoms with Crippen LogP contribution >= 0.6 is 0 Å². The predicted molar refractivity (Wildman–Crippen MR) is 70.4 cm³/mol. The van der Waals surface area contributed by atoms with Crippen molar-refractivity contribution in [3.05, 3.63) is 48.2 Å². The zero-order chi connectivity index (χ0) is 14.5. The number of anilines is 1. The molecule has 2 rings (SSSR count). The molecule has 0 bridgehead atoms. The van der Waals surface area contributed by atoms with Gasteiger partial charge < -0.3 is 19.7 Å². The first-order chi connectivity index (χ1) is 9.58. The van der Waals surface area contributed by atoms with E-state index >= 15 is 0 Å². The topological polar surface area (TPSA) is 95.7 Å². The number of pyridine rings is 1. The van der Waals surface area contributed by atoms with Crippen LogP contribution in [0.2, 0.25) is 0 Å². The molecule has 0 aliphatic rings. The van der Waals surface area contributed by atoms with Gasteiger partial charge >= 0.3 is 12.0 Å². The average Bonchev–Trinajstić information content (AvgIpc) is 2.91. The van der Waals surface area contributed by atoms with Gasteiger partial charge in [-0.2, -0.15) is 0 Å². The van der Waals surface area contributed by atoms with Crippen molar-refractivity contribution in [2.75, 3.05) is 12.4 Å². The second kappa shape index (κ2) is 5.87. The first-order valence-electron chi connectivity index (χ1n) is 5.80. The van der Waals surface area contributed by atoms with E-state index in [4.69, 9.17) is 9.52 Å². The molecule has 7 nitrogen and oxygen atoms in total. The van der Waals surface area contributed by atoms with Crippen LogP contribution in [0.25, 0.3) is 0 Å². The van der Waals surface area contributed by atoms with Gasteiger partial charge in [0.2, 0.25) is 0 Å². The molecule has 0 saturated heterocycles. The molecule has 0 saturated carbocycles. The van der Waals surface area contributed by atoms with Gasteiger partial charge in [-0.3, -0.25) is 0 Å². The smallest absolute Gasteiger partial charge is 0.356 e. The third kappa shape index (κ3) is 3.14. The average molecular weight is 275 g/mol. The lowest BCUT2D eigenvalue weighted by Gasteiger charge is -2.17. The second-order valence-corrected chi connectivity index (χ2v) is 4.07. The number of furan rings is 1. The maximum atomic E-state index is 12.0. The Morgan fingerprint density at radius 2 is 2.20 bits per heavy atom. The summed E-state index contributed by atoms with van der Waals surface area (Å²) in [6.45, 7) is 0.279. The van der Waals surface area contributed by atoms with E-state index in [1.807, 2.05) is 0 Å². The van der Waals surface area contributed by atoms with Crippen LogP contribution in [0.1, 0.15) is 16.2 Å². The van der Waals surface area contributed by atoms with Crippen LogP contribution in [-0.4, -0.2) is 34.0 Å². The third-order valence-electron chi connectivity index (χ3n) is 2.57. The number of urea groups is 1. The summed E-state index contributed by atoms with van der Waals surface area (Å²) in [6, 6.07) is 6.06. The fourth-order valence-corrected chi connectivity index (χ4v) is 1.60. The van der Waals surface area contributed by atoms with Crippen LogP contribution < -0.4 is 5.32 Å². The highest BCUT2D eigenvalue weighted by Gasteiger charge is 2.16. The largest absolute Gasteiger partial charge is 0.476 e. The number of aromatic carboxylic acids is 1. The van der Waals surface area contributed by atoms with Crippen molar-refractivity contribution in [2.24, 2.45) is 0 Å². The molecule has 20 heavy (non-hydrogen) atoms. The van der Waals surface area contributed by atoms with Crippen molar-refractivity contribution >= 4 is 17.7 Å². The molecular weight excluding hydrogens is 262 g/mol. The monoisotopic (exact) mass is 275 g/mol. The van der Waals surface area contributed by atoms with Gasteiger partial charge in [-0.1, -0.05) is 0 Å². The third-order valence-corrected chi connectivity index (χ3v) is 2.57. The zero-order valence-corrected chi connectivity index (χ0v) is 10.7. The fraction of sp³-hybridized carbons (Fsp3) is 0.154. The number of hydrogen-bond donors (Lipinski definition) is 2. The number of hydrogen-bond acceptors (Lipinski definition) is 4. The Morgan fingerprint density at radius 1 is 1.40 bits per heavy atom. The van der Waals surface area contributed by atoms with Crippen molar-refractivity contribution in [1.82, 2.24) is 9.88 Å². The van der Waals surface area contributed by atoms with Gasteiger partial charge in [0.25, 0.3) is 0 Å². The van der Waals surface area contributed by atoms with E-state index in [2.05, 4.69) is 10.3 Å². The molecular formula is C13H13N3O4. The molecule has 7 heteroatoms. The van der Waals surface area contributed by atoms with Crippen LogP contribution in [0.5, 0.6) is 0 Å². The summed E-state index contributed by atoms with van der Waals surface area (Å²) in [4.78, 5) is 28.0. The molecule has 0 spiro atoms. The number of carbonyl (C=O) groups is 2. The normalized spacial score (nSPS) is 10.1. The Labute approximate surface area is 114 Å². The van der Waals surface area contributed by atoms with Gasteiger partial charge in [-0.15, -0.1) is 0 Å². The van der Waals surface area contributed by atoms with Crippen LogP contribution in [0.15, 0.2) is 41.1 Å². The molecule has 0 aliphatic heterocycles. The molecule has 2 heterocycles. The number of rotatable bonds is 4. The molecule has 2 N–H and O–H groups in total. The van der Waals surface area contributed by atoms with E-state index in [-0.39, 0.29) is 17.9 Å². The summed E-state index contributed by atoms with van der Waals surface area (Å²) in [6.07, 6.45) is 2.87. The minimum Gasteiger partial charge on any atom is -0.476 e. The number of aromatic nitrogens is 1. The van der Waals surface area contributed by atoms with Crippen molar-refractivity contribution in [2.45, 2.75) is 6.54 Å². The summed E-state index contributed by atoms with van der Waals surface area (Å²) in [5.41, 5.74) is -0.0523. The SMILES string of the molecule is CN(Cc1ccco1)C(=O)Nc1cccnc1C(=O)O. The quantitative estimate of drug-likeness (QED) is 0.890. The van der Waals surface area contributed by atoms with Crippen LogP contribution in [0.3, 0.4) is 0 Å². The molecule has 2 aromatic heterocycles. The van der Waals surface area contributed by atoms with Gasteiger partial charge in [-0.05, 0) is 24.3 Å². The molecule has 0 fully saturated rings. The Bertz CT molecular complexity index is 610. The second-order valence-electron chi connectivity index (χ2n) is 4.07. The summed E-state index contributed by atoms with van der Waals surface area (Å²) in [7, 11) is 1.58. The van der Waals surface area contributed by atoms with Crippen LogP contribution in [-0.2, 0) is 6.54 Å². The number of nitrogens with one attached hydrogen (secondary N) is 1. The Morgan fingerprint density at radius 3 is 2.85 bits per heavy atom. The predicted octanol–water partition coefficient (Wildman–Crippen LogP) is 2.04. The number of carboxylic acid groups (broad SMARTS) is 1. The van der Waals surface area contributed by atoms with E-state index in [9.17, 15) is 9.59 Å². The number of amides is 2. The lowest BCUT2D eigenvalue weighted by molar-refractivity contribution is 0.0691. The number of carbonyl (C=O) groups excluding carboxylic acids is 1. The maximum absolute atomic E-state index is 12.0. The first-order valence-corrected chi connectivity index (χ1v) is 5.80. The number of nitrogens with zero attached hydrogens (tertiary/aromatic N) is 2. The molecule has 0 aliphatic carbocycles. The fourth-order valence-electron chi connectivity index (χ4n) is 1.60. The standard InChI is InChI=1S/C13H13N3O4/c1-16(8-9-4-3-7-20-9)13(19)15-10-5-2-6-14-11(10)12(17)18/h2-7H,8H2,1H3,(H,15,19)(H,17,18). The molecule has 104 valence electrons. The Hall–Kier alpha value is -2.83. The zero-order valence-electron chi connectivity index (χ0n) is 10.7. The summed E-state index contributed by atoms with van der Waals surface area (Å²) >= 11 is 0. The highest BCUT2D eigenvalue weighted by Crippen LogP contribution is 2.13. The van der Waals surface area contributed by atoms with Gasteiger partial charge in [0.1, 0.15) is 5.76 Å². The molecule has 2 amide bonds. The summed E-state index contributed by atoms with van der Waals surface area (Å²) < 4.78 is 5.14. The minimum atomic E-state index is -1.20. The lowest BCUT2D eigenvalue weighted by Crippen LogP contribution is -2.31. The van der Waals surface area contributed by atoms with Crippen LogP contribution in [0, 0.1) is 0 Å². The molecule has 0 atom stereocenters. The Balaban J connectivity index is 2.06. The van der Waals surface area contributed by atoms with E-state index in [0.29, 0.717) is 5.76 Å². The summed E-state index contributed by atoms with van der Waals surface area (Å²) in [5, 5.41) is 11.5. The number of carboxylic acids is 1. The van der Waals surface area contributed by atoms with Crippen molar-refractivity contribution in [3.63, 3.8) is 0 Å². The maximum Gasteiger partial charge on any atom is 0.356 e. The minimum absolute atomic E-state index is 0.149. The van der Waals surface area contributed by atoms with Gasteiger partial charge in [0.15, 0.2) is 5.69 Å². The molecule has 0 aromatic carbocycles. The molecule has 2 aromatic rings. The van der Waals surface area contributed by atoms with Crippen molar-refractivity contribution in [3.8, 4) is 0 Å². The van der Waals surface area contributed by atoms with Crippen LogP contribution in [0.4, 0.5) is 10.5 Å².